The van der Waals surface area contributed by atoms with E-state index in [2.05, 4.69) is 36.2 Å². The Kier molecular flexibility index (Phi) is 6.57. The average molecular weight is 348 g/mol. The number of fused-ring (bicyclic) bond motifs is 1. The van der Waals surface area contributed by atoms with Crippen LogP contribution in [-0.2, 0) is 6.42 Å². The van der Waals surface area contributed by atoms with Crippen LogP contribution in [-0.4, -0.2) is 55.1 Å². The van der Waals surface area contributed by atoms with E-state index in [0.29, 0.717) is 19.4 Å². The van der Waals surface area contributed by atoms with E-state index in [1.54, 1.807) is 0 Å². The number of ether oxygens (including phenoxy) is 2. The molecule has 5 heteroatoms. The van der Waals surface area contributed by atoms with Gasteiger partial charge in [-0.3, -0.25) is 0 Å². The van der Waals surface area contributed by atoms with Crippen molar-refractivity contribution in [1.29, 1.82) is 0 Å². The lowest BCUT2D eigenvalue weighted by Crippen LogP contribution is -2.43. The molecule has 0 bridgehead atoms. The van der Waals surface area contributed by atoms with E-state index in [0.717, 1.165) is 49.9 Å². The molecule has 0 aromatic heterocycles. The summed E-state index contributed by atoms with van der Waals surface area (Å²) in [5.74, 6) is 2.53. The molecule has 1 aromatic rings. The standard InChI is InChI=1S/C20H32N2O3/c1-15-7-9-22(10-8-15)13-18(23)12-21-16(2)3-4-17-5-6-19-20(11-17)25-14-24-19/h5-6,11,15-16,18,21,23H,3-4,7-10,12-14H2,1-2H3. The van der Waals surface area contributed by atoms with Gasteiger partial charge in [0.2, 0.25) is 6.79 Å². The fraction of sp³-hybridized carbons (Fsp3) is 0.700. The molecule has 0 saturated carbocycles. The molecule has 5 nitrogen and oxygen atoms in total. The van der Waals surface area contributed by atoms with E-state index in [1.165, 1.54) is 18.4 Å². The van der Waals surface area contributed by atoms with Gasteiger partial charge in [-0.25, -0.2) is 0 Å². The highest BCUT2D eigenvalue weighted by atomic mass is 16.7. The van der Waals surface area contributed by atoms with Gasteiger partial charge in [-0.1, -0.05) is 13.0 Å². The van der Waals surface area contributed by atoms with Crippen molar-refractivity contribution in [2.75, 3.05) is 33.0 Å². The fourth-order valence-corrected chi connectivity index (χ4v) is 3.53. The van der Waals surface area contributed by atoms with Gasteiger partial charge in [-0.15, -0.1) is 0 Å². The summed E-state index contributed by atoms with van der Waals surface area (Å²) in [6, 6.07) is 6.54. The fourth-order valence-electron chi connectivity index (χ4n) is 3.53. The summed E-state index contributed by atoms with van der Waals surface area (Å²) in [5.41, 5.74) is 1.26. The van der Waals surface area contributed by atoms with Crippen molar-refractivity contribution < 1.29 is 14.6 Å². The van der Waals surface area contributed by atoms with Crippen LogP contribution in [0.3, 0.4) is 0 Å². The molecule has 2 atom stereocenters. The number of likely N-dealkylation sites (tertiary alicyclic amines) is 1. The van der Waals surface area contributed by atoms with Crippen LogP contribution in [0.25, 0.3) is 0 Å². The highest BCUT2D eigenvalue weighted by Crippen LogP contribution is 2.32. The normalized spacial score (nSPS) is 20.6. The Morgan fingerprint density at radius 1 is 1.24 bits per heavy atom. The molecule has 1 aromatic carbocycles. The Hall–Kier alpha value is -1.30. The quantitative estimate of drug-likeness (QED) is 0.756. The van der Waals surface area contributed by atoms with Crippen LogP contribution in [0.15, 0.2) is 18.2 Å². The third kappa shape index (κ3) is 5.59. The lowest BCUT2D eigenvalue weighted by Gasteiger charge is -2.32. The largest absolute Gasteiger partial charge is 0.454 e. The van der Waals surface area contributed by atoms with Crippen molar-refractivity contribution in [2.45, 2.75) is 51.7 Å². The first-order chi connectivity index (χ1) is 12.1. The SMILES string of the molecule is CC1CCN(CC(O)CNC(C)CCc2ccc3c(c2)OCO3)CC1. The number of hydrogen-bond donors (Lipinski definition) is 2. The molecule has 2 unspecified atom stereocenters. The summed E-state index contributed by atoms with van der Waals surface area (Å²) in [6.07, 6.45) is 4.25. The molecular formula is C20H32N2O3. The van der Waals surface area contributed by atoms with Gasteiger partial charge in [0.15, 0.2) is 11.5 Å². The summed E-state index contributed by atoms with van der Waals surface area (Å²) in [5, 5.41) is 13.7. The number of hydrogen-bond acceptors (Lipinski definition) is 5. The molecule has 1 fully saturated rings. The van der Waals surface area contributed by atoms with E-state index < -0.39 is 0 Å². The van der Waals surface area contributed by atoms with Gasteiger partial charge >= 0.3 is 0 Å². The van der Waals surface area contributed by atoms with Crippen molar-refractivity contribution in [1.82, 2.24) is 10.2 Å². The Morgan fingerprint density at radius 3 is 2.80 bits per heavy atom. The smallest absolute Gasteiger partial charge is 0.231 e. The summed E-state index contributed by atoms with van der Waals surface area (Å²) < 4.78 is 10.8. The molecule has 0 spiro atoms. The van der Waals surface area contributed by atoms with Gasteiger partial charge < -0.3 is 24.8 Å². The molecule has 2 N–H and O–H groups in total. The van der Waals surface area contributed by atoms with E-state index >= 15 is 0 Å². The maximum atomic E-state index is 10.3. The van der Waals surface area contributed by atoms with Crippen LogP contribution in [0.2, 0.25) is 0 Å². The van der Waals surface area contributed by atoms with Crippen LogP contribution in [0.1, 0.15) is 38.7 Å². The number of benzene rings is 1. The Balaban J connectivity index is 1.33. The zero-order valence-corrected chi connectivity index (χ0v) is 15.5. The molecular weight excluding hydrogens is 316 g/mol. The van der Waals surface area contributed by atoms with E-state index in [-0.39, 0.29) is 6.10 Å². The lowest BCUT2D eigenvalue weighted by atomic mass is 9.99. The van der Waals surface area contributed by atoms with E-state index in [9.17, 15) is 5.11 Å². The number of nitrogens with zero attached hydrogens (tertiary/aromatic N) is 1. The maximum Gasteiger partial charge on any atom is 0.231 e. The molecule has 140 valence electrons. The van der Waals surface area contributed by atoms with Crippen LogP contribution >= 0.6 is 0 Å². The molecule has 2 aliphatic rings. The molecule has 2 aliphatic heterocycles. The van der Waals surface area contributed by atoms with Crippen LogP contribution in [0.5, 0.6) is 11.5 Å². The van der Waals surface area contributed by atoms with Crippen LogP contribution < -0.4 is 14.8 Å². The second-order valence-corrected chi connectivity index (χ2v) is 7.67. The monoisotopic (exact) mass is 348 g/mol. The summed E-state index contributed by atoms with van der Waals surface area (Å²) in [4.78, 5) is 2.39. The average Bonchev–Trinajstić information content (AvgIpc) is 3.08. The molecule has 0 aliphatic carbocycles. The second-order valence-electron chi connectivity index (χ2n) is 7.67. The van der Waals surface area contributed by atoms with Crippen LogP contribution in [0, 0.1) is 5.92 Å². The van der Waals surface area contributed by atoms with Gasteiger partial charge in [0.25, 0.3) is 0 Å². The molecule has 2 heterocycles. The van der Waals surface area contributed by atoms with E-state index in [1.807, 2.05) is 6.07 Å². The number of piperidine rings is 1. The lowest BCUT2D eigenvalue weighted by molar-refractivity contribution is 0.0890. The highest BCUT2D eigenvalue weighted by molar-refractivity contribution is 5.44. The second kappa shape index (κ2) is 8.88. The summed E-state index contributed by atoms with van der Waals surface area (Å²) >= 11 is 0. The van der Waals surface area contributed by atoms with Gasteiger partial charge in [0.05, 0.1) is 6.10 Å². The minimum atomic E-state index is -0.290. The van der Waals surface area contributed by atoms with Gasteiger partial charge in [0.1, 0.15) is 0 Å². The van der Waals surface area contributed by atoms with Crippen LogP contribution in [0.4, 0.5) is 0 Å². The van der Waals surface area contributed by atoms with Crippen molar-refractivity contribution >= 4 is 0 Å². The van der Waals surface area contributed by atoms with E-state index in [4.69, 9.17) is 9.47 Å². The number of β-amino-alcohol motifs (C(OH)–C–C–N with tert-alkyl or cyclic N) is 1. The highest BCUT2D eigenvalue weighted by Gasteiger charge is 2.18. The first-order valence-electron chi connectivity index (χ1n) is 9.62. The maximum absolute atomic E-state index is 10.3. The molecule has 0 amide bonds. The van der Waals surface area contributed by atoms with Crippen molar-refractivity contribution in [3.05, 3.63) is 23.8 Å². The van der Waals surface area contributed by atoms with Crippen molar-refractivity contribution in [2.24, 2.45) is 5.92 Å². The number of aryl methyl sites for hydroxylation is 1. The Labute approximate surface area is 151 Å². The summed E-state index contributed by atoms with van der Waals surface area (Å²) in [6.45, 7) is 8.52. The predicted molar refractivity (Wildman–Crippen MR) is 99.2 cm³/mol. The first-order valence-corrected chi connectivity index (χ1v) is 9.62. The Morgan fingerprint density at radius 2 is 2.00 bits per heavy atom. The summed E-state index contributed by atoms with van der Waals surface area (Å²) in [7, 11) is 0. The first kappa shape index (κ1) is 18.5. The number of aliphatic hydroxyl groups is 1. The minimum Gasteiger partial charge on any atom is -0.454 e. The zero-order valence-electron chi connectivity index (χ0n) is 15.5. The topological polar surface area (TPSA) is 54.0 Å². The van der Waals surface area contributed by atoms with Crippen molar-refractivity contribution in [3.8, 4) is 11.5 Å². The van der Waals surface area contributed by atoms with Crippen molar-refractivity contribution in [3.63, 3.8) is 0 Å². The molecule has 3 rings (SSSR count). The molecule has 1 saturated heterocycles. The minimum absolute atomic E-state index is 0.290. The number of rotatable bonds is 8. The number of nitrogens with one attached hydrogen (secondary N) is 1. The Bertz CT molecular complexity index is 544. The third-order valence-electron chi connectivity index (χ3n) is 5.35. The molecule has 0 radical (unpaired) electrons. The number of aliphatic hydroxyl groups excluding tert-OH is 1. The predicted octanol–water partition coefficient (Wildman–Crippen LogP) is 2.42. The molecule has 25 heavy (non-hydrogen) atoms. The third-order valence-corrected chi connectivity index (χ3v) is 5.35. The van der Waals surface area contributed by atoms with Gasteiger partial charge in [-0.05, 0) is 69.3 Å². The zero-order chi connectivity index (χ0) is 17.6. The van der Waals surface area contributed by atoms with Gasteiger partial charge in [-0.2, -0.15) is 0 Å². The van der Waals surface area contributed by atoms with Gasteiger partial charge in [0, 0.05) is 19.1 Å².